The molecule has 5 nitrogen and oxygen atoms in total. The fourth-order valence-electron chi connectivity index (χ4n) is 2.35. The number of nitrogens with zero attached hydrogens (tertiary/aromatic N) is 3. The summed E-state index contributed by atoms with van der Waals surface area (Å²) in [5.41, 5.74) is 1.78. The second-order valence-corrected chi connectivity index (χ2v) is 4.58. The van der Waals surface area contributed by atoms with E-state index in [1.54, 1.807) is 6.20 Å². The predicted octanol–water partition coefficient (Wildman–Crippen LogP) is 1.37. The second-order valence-electron chi connectivity index (χ2n) is 4.58. The third-order valence-corrected chi connectivity index (χ3v) is 3.42. The molecule has 2 aromatic rings. The highest BCUT2D eigenvalue weighted by molar-refractivity contribution is 5.92. The summed E-state index contributed by atoms with van der Waals surface area (Å²) in [6, 6.07) is 10.3. The number of piperazine rings is 1. The molecule has 3 rings (SSSR count). The lowest BCUT2D eigenvalue weighted by Gasteiger charge is -2.35. The highest BCUT2D eigenvalue weighted by Gasteiger charge is 2.22. The Morgan fingerprint density at radius 2 is 1.84 bits per heavy atom. The Morgan fingerprint density at radius 3 is 2.47 bits per heavy atom. The van der Waals surface area contributed by atoms with Crippen molar-refractivity contribution < 1.29 is 4.79 Å². The minimum absolute atomic E-state index is 0.0326. The molecule has 0 bridgehead atoms. The molecule has 1 saturated heterocycles. The number of para-hydroxylation sites is 1. The number of rotatable bonds is 2. The average molecular weight is 256 g/mol. The van der Waals surface area contributed by atoms with Gasteiger partial charge in [0.15, 0.2) is 0 Å². The summed E-state index contributed by atoms with van der Waals surface area (Å²) in [5, 5.41) is 0. The summed E-state index contributed by atoms with van der Waals surface area (Å²) in [6.07, 6.45) is 3.11. The summed E-state index contributed by atoms with van der Waals surface area (Å²) in [5.74, 6) is 0.0326. The molecule has 1 fully saturated rings. The SMILES string of the molecule is O=C(c1cnc[nH]1)N1CCN(c2ccccc2)CC1. The van der Waals surface area contributed by atoms with Crippen molar-refractivity contribution in [2.75, 3.05) is 31.1 Å². The fraction of sp³-hybridized carbons (Fsp3) is 0.286. The Kier molecular flexibility index (Phi) is 3.18. The van der Waals surface area contributed by atoms with Crippen molar-refractivity contribution in [3.8, 4) is 0 Å². The van der Waals surface area contributed by atoms with Crippen LogP contribution in [0.4, 0.5) is 5.69 Å². The Balaban J connectivity index is 1.62. The molecule has 98 valence electrons. The van der Waals surface area contributed by atoms with Gasteiger partial charge in [-0.3, -0.25) is 4.79 Å². The van der Waals surface area contributed by atoms with E-state index in [0.717, 1.165) is 26.2 Å². The van der Waals surface area contributed by atoms with Crippen LogP contribution in [0.25, 0.3) is 0 Å². The minimum atomic E-state index is 0.0326. The number of carbonyl (C=O) groups excluding carboxylic acids is 1. The molecule has 0 spiro atoms. The van der Waals surface area contributed by atoms with Gasteiger partial charge in [-0.05, 0) is 12.1 Å². The number of aromatic nitrogens is 2. The lowest BCUT2D eigenvalue weighted by Crippen LogP contribution is -2.48. The Bertz CT molecular complexity index is 530. The highest BCUT2D eigenvalue weighted by atomic mass is 16.2. The quantitative estimate of drug-likeness (QED) is 0.883. The number of nitrogens with one attached hydrogen (secondary N) is 1. The van der Waals surface area contributed by atoms with Crippen LogP contribution in [-0.2, 0) is 0 Å². The largest absolute Gasteiger partial charge is 0.368 e. The van der Waals surface area contributed by atoms with Crippen molar-refractivity contribution >= 4 is 11.6 Å². The van der Waals surface area contributed by atoms with Gasteiger partial charge in [0.2, 0.25) is 0 Å². The smallest absolute Gasteiger partial charge is 0.272 e. The van der Waals surface area contributed by atoms with E-state index >= 15 is 0 Å². The van der Waals surface area contributed by atoms with E-state index in [1.165, 1.54) is 12.0 Å². The predicted molar refractivity (Wildman–Crippen MR) is 73.1 cm³/mol. The van der Waals surface area contributed by atoms with Gasteiger partial charge in [0.25, 0.3) is 5.91 Å². The van der Waals surface area contributed by atoms with Gasteiger partial charge in [0.05, 0.1) is 12.5 Å². The van der Waals surface area contributed by atoms with Crippen LogP contribution in [0.3, 0.4) is 0 Å². The highest BCUT2D eigenvalue weighted by Crippen LogP contribution is 2.16. The van der Waals surface area contributed by atoms with Gasteiger partial charge in [-0.15, -0.1) is 0 Å². The molecule has 0 saturated carbocycles. The number of hydrogen-bond donors (Lipinski definition) is 1. The van der Waals surface area contributed by atoms with Gasteiger partial charge >= 0.3 is 0 Å². The molecule has 1 aliphatic heterocycles. The average Bonchev–Trinajstić information content (AvgIpc) is 3.02. The maximum Gasteiger partial charge on any atom is 0.272 e. The number of aromatic amines is 1. The Hall–Kier alpha value is -2.30. The van der Waals surface area contributed by atoms with E-state index in [-0.39, 0.29) is 5.91 Å². The fourth-order valence-corrected chi connectivity index (χ4v) is 2.35. The van der Waals surface area contributed by atoms with Crippen LogP contribution in [0.2, 0.25) is 0 Å². The first-order valence-corrected chi connectivity index (χ1v) is 6.42. The van der Waals surface area contributed by atoms with Crippen molar-refractivity contribution in [1.29, 1.82) is 0 Å². The first-order chi connectivity index (χ1) is 9.34. The van der Waals surface area contributed by atoms with Gasteiger partial charge in [-0.1, -0.05) is 18.2 Å². The zero-order valence-electron chi connectivity index (χ0n) is 10.6. The topological polar surface area (TPSA) is 52.2 Å². The van der Waals surface area contributed by atoms with Crippen LogP contribution >= 0.6 is 0 Å². The van der Waals surface area contributed by atoms with Gasteiger partial charge in [0.1, 0.15) is 5.69 Å². The zero-order chi connectivity index (χ0) is 13.1. The molecule has 1 N–H and O–H groups in total. The monoisotopic (exact) mass is 256 g/mol. The molecule has 5 heteroatoms. The molecule has 1 aromatic heterocycles. The summed E-state index contributed by atoms with van der Waals surface area (Å²) < 4.78 is 0. The standard InChI is InChI=1S/C14H16N4O/c19-14(13-10-15-11-16-13)18-8-6-17(7-9-18)12-4-2-1-3-5-12/h1-5,10-11H,6-9H2,(H,15,16). The summed E-state index contributed by atoms with van der Waals surface area (Å²) in [6.45, 7) is 3.22. The van der Waals surface area contributed by atoms with Gasteiger partial charge in [0, 0.05) is 31.9 Å². The second kappa shape index (κ2) is 5.14. The van der Waals surface area contributed by atoms with Crippen molar-refractivity contribution in [3.63, 3.8) is 0 Å². The molecule has 1 aliphatic rings. The van der Waals surface area contributed by atoms with E-state index in [4.69, 9.17) is 0 Å². The minimum Gasteiger partial charge on any atom is -0.368 e. The number of hydrogen-bond acceptors (Lipinski definition) is 3. The molecule has 2 heterocycles. The number of amides is 1. The summed E-state index contributed by atoms with van der Waals surface area (Å²) in [4.78, 5) is 23.1. The molecular formula is C14H16N4O. The maximum absolute atomic E-state index is 12.1. The number of imidazole rings is 1. The van der Waals surface area contributed by atoms with E-state index in [0.29, 0.717) is 5.69 Å². The van der Waals surface area contributed by atoms with E-state index in [2.05, 4.69) is 27.0 Å². The van der Waals surface area contributed by atoms with Gasteiger partial charge < -0.3 is 14.8 Å². The Morgan fingerprint density at radius 1 is 1.11 bits per heavy atom. The van der Waals surface area contributed by atoms with Crippen LogP contribution in [0.15, 0.2) is 42.9 Å². The third kappa shape index (κ3) is 2.45. The number of anilines is 1. The Labute approximate surface area is 111 Å². The number of H-pyrrole nitrogens is 1. The normalized spacial score (nSPS) is 15.6. The van der Waals surface area contributed by atoms with Crippen LogP contribution in [-0.4, -0.2) is 47.0 Å². The van der Waals surface area contributed by atoms with Gasteiger partial charge in [-0.25, -0.2) is 4.98 Å². The van der Waals surface area contributed by atoms with Gasteiger partial charge in [-0.2, -0.15) is 0 Å². The number of benzene rings is 1. The molecule has 0 atom stereocenters. The lowest BCUT2D eigenvalue weighted by atomic mass is 10.2. The number of carbonyl (C=O) groups is 1. The van der Waals surface area contributed by atoms with E-state index in [1.807, 2.05) is 23.1 Å². The third-order valence-electron chi connectivity index (χ3n) is 3.42. The molecule has 0 radical (unpaired) electrons. The molecule has 1 aromatic carbocycles. The van der Waals surface area contributed by atoms with Crippen LogP contribution < -0.4 is 4.90 Å². The molecular weight excluding hydrogens is 240 g/mol. The maximum atomic E-state index is 12.1. The van der Waals surface area contributed by atoms with Crippen LogP contribution in [0, 0.1) is 0 Å². The summed E-state index contributed by atoms with van der Waals surface area (Å²) in [7, 11) is 0. The van der Waals surface area contributed by atoms with E-state index < -0.39 is 0 Å². The zero-order valence-corrected chi connectivity index (χ0v) is 10.6. The first kappa shape index (κ1) is 11.8. The van der Waals surface area contributed by atoms with Crippen molar-refractivity contribution in [3.05, 3.63) is 48.5 Å². The summed E-state index contributed by atoms with van der Waals surface area (Å²) >= 11 is 0. The lowest BCUT2D eigenvalue weighted by molar-refractivity contribution is 0.0741. The van der Waals surface area contributed by atoms with Crippen molar-refractivity contribution in [2.24, 2.45) is 0 Å². The first-order valence-electron chi connectivity index (χ1n) is 6.42. The van der Waals surface area contributed by atoms with Crippen molar-refractivity contribution in [2.45, 2.75) is 0 Å². The molecule has 1 amide bonds. The molecule has 0 aliphatic carbocycles. The van der Waals surface area contributed by atoms with Crippen LogP contribution in [0.5, 0.6) is 0 Å². The van der Waals surface area contributed by atoms with Crippen LogP contribution in [0.1, 0.15) is 10.5 Å². The molecule has 0 unspecified atom stereocenters. The van der Waals surface area contributed by atoms with Crippen molar-refractivity contribution in [1.82, 2.24) is 14.9 Å². The molecule has 19 heavy (non-hydrogen) atoms. The van der Waals surface area contributed by atoms with E-state index in [9.17, 15) is 4.79 Å².